The third kappa shape index (κ3) is 6.99. The van der Waals surface area contributed by atoms with Gasteiger partial charge in [-0.25, -0.2) is 15.0 Å². The Hall–Kier alpha value is -2.49. The van der Waals surface area contributed by atoms with Gasteiger partial charge in [-0.05, 0) is 44.1 Å². The molecule has 2 aromatic heterocycles. The Labute approximate surface area is 199 Å². The number of ether oxygens (including phenoxy) is 1. The second-order valence-corrected chi connectivity index (χ2v) is 8.89. The first-order valence-electron chi connectivity index (χ1n) is 11.3. The van der Waals surface area contributed by atoms with E-state index in [0.29, 0.717) is 40.6 Å². The fraction of sp³-hybridized carbons (Fsp3) is 0.565. The lowest BCUT2D eigenvalue weighted by molar-refractivity contribution is 0.0878. The summed E-state index contributed by atoms with van der Waals surface area (Å²) >= 11 is 5.87. The van der Waals surface area contributed by atoms with Crippen LogP contribution in [0.5, 0.6) is 5.88 Å². The molecule has 0 spiro atoms. The summed E-state index contributed by atoms with van der Waals surface area (Å²) in [5.41, 5.74) is 0.920. The summed E-state index contributed by atoms with van der Waals surface area (Å²) in [6.07, 6.45) is 6.34. The van der Waals surface area contributed by atoms with Gasteiger partial charge in [-0.1, -0.05) is 18.5 Å². The fourth-order valence-electron chi connectivity index (χ4n) is 3.99. The van der Waals surface area contributed by atoms with Crippen LogP contribution in [0.2, 0.25) is 5.02 Å². The molecule has 3 N–H and O–H groups in total. The molecular weight excluding hydrogens is 446 g/mol. The number of anilines is 1. The topological polar surface area (TPSA) is 121 Å². The summed E-state index contributed by atoms with van der Waals surface area (Å²) in [6.45, 7) is 5.73. The number of aromatic nitrogens is 3. The Bertz CT molecular complexity index is 902. The van der Waals surface area contributed by atoms with Crippen LogP contribution in [0.15, 0.2) is 24.5 Å². The molecule has 1 saturated heterocycles. The van der Waals surface area contributed by atoms with Crippen LogP contribution >= 0.6 is 11.6 Å². The zero-order chi connectivity index (χ0) is 23.8. The quantitative estimate of drug-likeness (QED) is 0.476. The Kier molecular flexibility index (Phi) is 9.22. The van der Waals surface area contributed by atoms with Gasteiger partial charge in [-0.15, -0.1) is 0 Å². The molecule has 180 valence electrons. The number of carbonyl (C=O) groups is 1. The van der Waals surface area contributed by atoms with Crippen molar-refractivity contribution < 1.29 is 19.7 Å². The minimum atomic E-state index is -0.695. The van der Waals surface area contributed by atoms with Crippen molar-refractivity contribution in [2.24, 2.45) is 11.8 Å². The average molecular weight is 478 g/mol. The fourth-order valence-corrected chi connectivity index (χ4v) is 4.09. The van der Waals surface area contributed by atoms with E-state index in [9.17, 15) is 4.79 Å². The number of halogens is 1. The molecule has 2 aromatic rings. The maximum atomic E-state index is 12.3. The summed E-state index contributed by atoms with van der Waals surface area (Å²) in [7, 11) is 0. The van der Waals surface area contributed by atoms with Crippen molar-refractivity contribution in [3.8, 4) is 5.88 Å². The van der Waals surface area contributed by atoms with E-state index in [4.69, 9.17) is 26.6 Å². The summed E-state index contributed by atoms with van der Waals surface area (Å²) in [5.74, 6) is 1.95. The summed E-state index contributed by atoms with van der Waals surface area (Å²) < 4.78 is 5.84. The molecule has 0 bridgehead atoms. The van der Waals surface area contributed by atoms with Crippen molar-refractivity contribution in [3.05, 3.63) is 40.8 Å². The molecule has 0 aromatic carbocycles. The maximum Gasteiger partial charge on any atom is 0.253 e. The largest absolute Gasteiger partial charge is 0.478 e. The van der Waals surface area contributed by atoms with Crippen LogP contribution in [0.4, 0.5) is 5.95 Å². The van der Waals surface area contributed by atoms with Crippen LogP contribution in [-0.2, 0) is 0 Å². The molecule has 1 aliphatic heterocycles. The first kappa shape index (κ1) is 25.1. The Balaban J connectivity index is 1.43. The number of amides is 1. The van der Waals surface area contributed by atoms with Gasteiger partial charge in [0.1, 0.15) is 0 Å². The van der Waals surface area contributed by atoms with E-state index in [2.05, 4.69) is 32.1 Å². The van der Waals surface area contributed by atoms with E-state index in [1.54, 1.807) is 31.5 Å². The zero-order valence-corrected chi connectivity index (χ0v) is 19.8. The highest BCUT2D eigenvalue weighted by Crippen LogP contribution is 2.28. The van der Waals surface area contributed by atoms with Crippen LogP contribution in [0.25, 0.3) is 0 Å². The number of rotatable bonds is 10. The van der Waals surface area contributed by atoms with Crippen molar-refractivity contribution in [1.29, 1.82) is 0 Å². The van der Waals surface area contributed by atoms with Gasteiger partial charge < -0.3 is 25.2 Å². The molecule has 0 unspecified atom stereocenters. The van der Waals surface area contributed by atoms with Gasteiger partial charge >= 0.3 is 0 Å². The Morgan fingerprint density at radius 1 is 1.24 bits per heavy atom. The van der Waals surface area contributed by atoms with Crippen LogP contribution < -0.4 is 15.0 Å². The number of aliphatic hydroxyl groups is 2. The molecule has 3 heterocycles. The maximum absolute atomic E-state index is 12.3. The van der Waals surface area contributed by atoms with E-state index >= 15 is 0 Å². The number of hydrogen-bond donors (Lipinski definition) is 3. The van der Waals surface area contributed by atoms with Gasteiger partial charge in [0.2, 0.25) is 11.8 Å². The van der Waals surface area contributed by atoms with Gasteiger partial charge in [0.05, 0.1) is 54.5 Å². The number of nitrogens with one attached hydrogen (secondary N) is 1. The van der Waals surface area contributed by atoms with Crippen molar-refractivity contribution >= 4 is 23.5 Å². The summed E-state index contributed by atoms with van der Waals surface area (Å²) in [4.78, 5) is 27.5. The number of piperidine rings is 1. The lowest BCUT2D eigenvalue weighted by Gasteiger charge is -2.34. The lowest BCUT2D eigenvalue weighted by atomic mass is 9.84. The molecule has 0 radical (unpaired) electrons. The highest BCUT2D eigenvalue weighted by molar-refractivity contribution is 6.30. The number of aryl methyl sites for hydroxylation is 1. The van der Waals surface area contributed by atoms with Crippen LogP contribution in [0, 0.1) is 18.8 Å². The van der Waals surface area contributed by atoms with Crippen LogP contribution in [0.1, 0.15) is 42.2 Å². The third-order valence-corrected chi connectivity index (χ3v) is 6.33. The minimum Gasteiger partial charge on any atom is -0.478 e. The normalized spacial score (nSPS) is 15.5. The Morgan fingerprint density at radius 3 is 2.52 bits per heavy atom. The van der Waals surface area contributed by atoms with E-state index in [1.807, 2.05) is 0 Å². The molecule has 33 heavy (non-hydrogen) atoms. The number of carbonyl (C=O) groups excluding carboxylic acids is 1. The third-order valence-electron chi connectivity index (χ3n) is 6.14. The lowest BCUT2D eigenvalue weighted by Crippen LogP contribution is -2.40. The molecule has 3 rings (SSSR count). The first-order chi connectivity index (χ1) is 15.9. The second-order valence-electron chi connectivity index (χ2n) is 8.46. The van der Waals surface area contributed by atoms with Gasteiger partial charge in [-0.3, -0.25) is 4.79 Å². The molecular formula is C23H32ClN5O4. The summed E-state index contributed by atoms with van der Waals surface area (Å²) in [6, 6.07) is 2.63. The molecule has 1 aliphatic rings. The van der Waals surface area contributed by atoms with Gasteiger partial charge in [0.25, 0.3) is 5.91 Å². The van der Waals surface area contributed by atoms with Gasteiger partial charge in [0, 0.05) is 19.2 Å². The zero-order valence-electron chi connectivity index (χ0n) is 19.1. The van der Waals surface area contributed by atoms with E-state index in [1.165, 1.54) is 0 Å². The van der Waals surface area contributed by atoms with Crippen LogP contribution in [-0.4, -0.2) is 70.0 Å². The van der Waals surface area contributed by atoms with E-state index < -0.39 is 6.04 Å². The van der Waals surface area contributed by atoms with E-state index in [-0.39, 0.29) is 19.1 Å². The average Bonchev–Trinajstić information content (AvgIpc) is 2.83. The molecule has 0 aliphatic carbocycles. The first-order valence-corrected chi connectivity index (χ1v) is 11.6. The van der Waals surface area contributed by atoms with Crippen molar-refractivity contribution in [3.63, 3.8) is 0 Å². The van der Waals surface area contributed by atoms with Gasteiger partial charge in [0.15, 0.2) is 0 Å². The van der Waals surface area contributed by atoms with Gasteiger partial charge in [-0.2, -0.15) is 0 Å². The molecule has 1 fully saturated rings. The molecule has 10 heteroatoms. The highest BCUT2D eigenvalue weighted by Gasteiger charge is 2.25. The summed E-state index contributed by atoms with van der Waals surface area (Å²) in [5, 5.41) is 21.4. The highest BCUT2D eigenvalue weighted by atomic mass is 35.5. The number of pyridine rings is 1. The van der Waals surface area contributed by atoms with Crippen LogP contribution in [0.3, 0.4) is 0 Å². The second kappa shape index (κ2) is 12.1. The number of aliphatic hydroxyl groups excluding tert-OH is 2. The minimum absolute atomic E-state index is 0.331. The smallest absolute Gasteiger partial charge is 0.253 e. The molecule has 1 atom stereocenters. The molecule has 0 saturated carbocycles. The monoisotopic (exact) mass is 477 g/mol. The predicted molar refractivity (Wildman–Crippen MR) is 126 cm³/mol. The van der Waals surface area contributed by atoms with E-state index in [0.717, 1.165) is 38.3 Å². The van der Waals surface area contributed by atoms with Crippen molar-refractivity contribution in [2.45, 2.75) is 39.2 Å². The standard InChI is InChI=1S/C23H32ClN5O4/c1-15(17-5-8-29(9-6-17)23-25-11-18(24)12-26-23)7-10-33-21-4-3-20(16(2)27-21)22(32)28-19(13-30)14-31/h3-4,11-12,15,17,19,30-31H,5-10,13-14H2,1-2H3,(H,28,32)/t15-/m1/s1. The SMILES string of the molecule is Cc1nc(OCC[C@@H](C)C2CCN(c3ncc(Cl)cn3)CC2)ccc1C(=O)NC(CO)CO. The van der Waals surface area contributed by atoms with Crippen molar-refractivity contribution in [2.75, 3.05) is 37.8 Å². The number of nitrogens with zero attached hydrogens (tertiary/aromatic N) is 4. The number of hydrogen-bond acceptors (Lipinski definition) is 8. The Morgan fingerprint density at radius 2 is 1.91 bits per heavy atom. The predicted octanol–water partition coefficient (Wildman–Crippen LogP) is 2.24. The molecule has 1 amide bonds. The molecule has 9 nitrogen and oxygen atoms in total. The van der Waals surface area contributed by atoms with Crippen molar-refractivity contribution in [1.82, 2.24) is 20.3 Å².